The van der Waals surface area contributed by atoms with E-state index in [4.69, 9.17) is 4.74 Å². The van der Waals surface area contributed by atoms with E-state index in [2.05, 4.69) is 10.6 Å². The molecule has 4 rings (SSSR count). The van der Waals surface area contributed by atoms with Crippen LogP contribution in [-0.4, -0.2) is 18.9 Å². The standard InChI is InChI=1S/C22H21FN2O3/c1-12-10-17-19(21(26)18(12)22(27)28-2)20(13-6-5-7-14(23)11-13)25-16-9-4-3-8-15(16)24-17/h3-9,11-12,18,20,24-25H,10H2,1-2H3/t12-,18+,20+/m0/s1. The third kappa shape index (κ3) is 3.05. The molecular weight excluding hydrogens is 359 g/mol. The van der Waals surface area contributed by atoms with Crippen LogP contribution in [0, 0.1) is 17.7 Å². The van der Waals surface area contributed by atoms with Crippen molar-refractivity contribution in [2.24, 2.45) is 11.8 Å². The molecule has 0 amide bonds. The van der Waals surface area contributed by atoms with Crippen LogP contribution in [0.25, 0.3) is 0 Å². The summed E-state index contributed by atoms with van der Waals surface area (Å²) in [5, 5.41) is 6.73. The van der Waals surface area contributed by atoms with Crippen LogP contribution < -0.4 is 10.6 Å². The van der Waals surface area contributed by atoms with Gasteiger partial charge in [0.05, 0.1) is 24.5 Å². The van der Waals surface area contributed by atoms with Gasteiger partial charge in [-0.3, -0.25) is 9.59 Å². The van der Waals surface area contributed by atoms with Gasteiger partial charge in [-0.2, -0.15) is 0 Å². The number of hydrogen-bond donors (Lipinski definition) is 2. The highest BCUT2D eigenvalue weighted by Crippen LogP contribution is 2.43. The van der Waals surface area contributed by atoms with Crippen molar-refractivity contribution in [2.75, 3.05) is 17.7 Å². The topological polar surface area (TPSA) is 67.4 Å². The molecular formula is C22H21FN2O3. The summed E-state index contributed by atoms with van der Waals surface area (Å²) in [4.78, 5) is 25.7. The molecule has 1 heterocycles. The smallest absolute Gasteiger partial charge is 0.316 e. The molecule has 3 atom stereocenters. The summed E-state index contributed by atoms with van der Waals surface area (Å²) in [6.07, 6.45) is 0.517. The van der Waals surface area contributed by atoms with Crippen LogP contribution in [0.3, 0.4) is 0 Å². The second-order valence-corrected chi connectivity index (χ2v) is 7.24. The predicted molar refractivity (Wildman–Crippen MR) is 104 cm³/mol. The summed E-state index contributed by atoms with van der Waals surface area (Å²) in [5.41, 5.74) is 3.48. The van der Waals surface area contributed by atoms with Gasteiger partial charge in [-0.15, -0.1) is 0 Å². The fraction of sp³-hybridized carbons (Fsp3) is 0.273. The molecule has 1 aliphatic carbocycles. The van der Waals surface area contributed by atoms with E-state index >= 15 is 0 Å². The van der Waals surface area contributed by atoms with E-state index in [-0.39, 0.29) is 17.5 Å². The molecule has 0 radical (unpaired) electrons. The maximum Gasteiger partial charge on any atom is 0.316 e. The quantitative estimate of drug-likeness (QED) is 0.608. The Labute approximate surface area is 162 Å². The zero-order chi connectivity index (χ0) is 19.8. The summed E-state index contributed by atoms with van der Waals surface area (Å²) in [6.45, 7) is 1.87. The lowest BCUT2D eigenvalue weighted by Crippen LogP contribution is -2.39. The number of para-hydroxylation sites is 2. The summed E-state index contributed by atoms with van der Waals surface area (Å²) >= 11 is 0. The van der Waals surface area contributed by atoms with Gasteiger partial charge in [0.1, 0.15) is 11.7 Å². The number of ketones is 1. The number of hydrogen-bond acceptors (Lipinski definition) is 5. The third-order valence-corrected chi connectivity index (χ3v) is 5.41. The maximum atomic E-state index is 13.9. The van der Waals surface area contributed by atoms with Crippen molar-refractivity contribution >= 4 is 23.1 Å². The monoisotopic (exact) mass is 380 g/mol. The molecule has 28 heavy (non-hydrogen) atoms. The molecule has 6 heteroatoms. The van der Waals surface area contributed by atoms with Gasteiger partial charge in [-0.25, -0.2) is 4.39 Å². The summed E-state index contributed by atoms with van der Waals surface area (Å²) < 4.78 is 18.8. The molecule has 2 N–H and O–H groups in total. The van der Waals surface area contributed by atoms with Gasteiger partial charge in [0, 0.05) is 11.3 Å². The molecule has 1 aliphatic heterocycles. The molecule has 0 saturated heterocycles. The minimum atomic E-state index is -0.871. The van der Waals surface area contributed by atoms with Crippen LogP contribution in [0.1, 0.15) is 24.9 Å². The zero-order valence-electron chi connectivity index (χ0n) is 15.7. The molecule has 2 aromatic carbocycles. The number of esters is 1. The molecule has 2 aromatic rings. The Morgan fingerprint density at radius 3 is 2.61 bits per heavy atom. The number of methoxy groups -OCH3 is 1. The van der Waals surface area contributed by atoms with Crippen molar-refractivity contribution in [3.63, 3.8) is 0 Å². The number of benzene rings is 2. The van der Waals surface area contributed by atoms with Gasteiger partial charge in [0.15, 0.2) is 5.78 Å². The van der Waals surface area contributed by atoms with E-state index in [0.717, 1.165) is 17.1 Å². The number of Topliss-reactive ketones (excluding diaryl/α,β-unsaturated/α-hetero) is 1. The van der Waals surface area contributed by atoms with Crippen LogP contribution >= 0.6 is 0 Å². The Kier molecular flexibility index (Phi) is 4.63. The number of fused-ring (bicyclic) bond motifs is 1. The van der Waals surface area contributed by atoms with Gasteiger partial charge in [-0.1, -0.05) is 31.2 Å². The molecule has 0 unspecified atom stereocenters. The third-order valence-electron chi connectivity index (χ3n) is 5.41. The summed E-state index contributed by atoms with van der Waals surface area (Å²) in [5.74, 6) is -2.28. The lowest BCUT2D eigenvalue weighted by atomic mass is 9.75. The molecule has 0 fully saturated rings. The summed E-state index contributed by atoms with van der Waals surface area (Å²) in [7, 11) is 1.29. The molecule has 0 saturated carbocycles. The van der Waals surface area contributed by atoms with Crippen molar-refractivity contribution in [1.29, 1.82) is 0 Å². The maximum absolute atomic E-state index is 13.9. The van der Waals surface area contributed by atoms with Crippen molar-refractivity contribution in [3.05, 3.63) is 71.2 Å². The first-order valence-corrected chi connectivity index (χ1v) is 9.22. The fourth-order valence-corrected chi connectivity index (χ4v) is 4.07. The van der Waals surface area contributed by atoms with Crippen LogP contribution in [0.15, 0.2) is 59.8 Å². The van der Waals surface area contributed by atoms with E-state index in [1.54, 1.807) is 12.1 Å². The van der Waals surface area contributed by atoms with E-state index in [1.807, 2.05) is 31.2 Å². The Morgan fingerprint density at radius 1 is 1.14 bits per heavy atom. The van der Waals surface area contributed by atoms with E-state index in [0.29, 0.717) is 17.6 Å². The SMILES string of the molecule is COC(=O)[C@H]1C(=O)C2=C(C[C@@H]1C)Nc1ccccc1N[C@@H]2c1cccc(F)c1. The first kappa shape index (κ1) is 18.2. The second kappa shape index (κ2) is 7.11. The Hall–Kier alpha value is -3.15. The Bertz CT molecular complexity index is 985. The second-order valence-electron chi connectivity index (χ2n) is 7.24. The molecule has 5 nitrogen and oxygen atoms in total. The van der Waals surface area contributed by atoms with Gasteiger partial charge in [-0.05, 0) is 42.2 Å². The largest absolute Gasteiger partial charge is 0.468 e. The van der Waals surface area contributed by atoms with Gasteiger partial charge < -0.3 is 15.4 Å². The average molecular weight is 380 g/mol. The number of anilines is 2. The highest BCUT2D eigenvalue weighted by atomic mass is 19.1. The number of rotatable bonds is 2. The molecule has 2 aliphatic rings. The average Bonchev–Trinajstić information content (AvgIpc) is 2.84. The van der Waals surface area contributed by atoms with Crippen LogP contribution in [0.4, 0.5) is 15.8 Å². The lowest BCUT2D eigenvalue weighted by molar-refractivity contribution is -0.151. The molecule has 0 spiro atoms. The lowest BCUT2D eigenvalue weighted by Gasteiger charge is -2.32. The zero-order valence-corrected chi connectivity index (χ0v) is 15.7. The molecule has 0 bridgehead atoms. The number of carbonyl (C=O) groups is 2. The first-order chi connectivity index (χ1) is 13.5. The highest BCUT2D eigenvalue weighted by Gasteiger charge is 2.44. The van der Waals surface area contributed by atoms with Crippen LogP contribution in [0.2, 0.25) is 0 Å². The van der Waals surface area contributed by atoms with Crippen molar-refractivity contribution < 1.29 is 18.7 Å². The number of halogens is 1. The number of carbonyl (C=O) groups excluding carboxylic acids is 2. The van der Waals surface area contributed by atoms with Crippen LogP contribution in [0.5, 0.6) is 0 Å². The minimum absolute atomic E-state index is 0.204. The van der Waals surface area contributed by atoms with Gasteiger partial charge in [0.25, 0.3) is 0 Å². The molecule has 0 aromatic heterocycles. The predicted octanol–water partition coefficient (Wildman–Crippen LogP) is 4.06. The summed E-state index contributed by atoms with van der Waals surface area (Å²) in [6, 6.07) is 13.2. The van der Waals surface area contributed by atoms with E-state index < -0.39 is 17.9 Å². The van der Waals surface area contributed by atoms with Gasteiger partial charge >= 0.3 is 5.97 Å². The van der Waals surface area contributed by atoms with Crippen molar-refractivity contribution in [2.45, 2.75) is 19.4 Å². The van der Waals surface area contributed by atoms with Gasteiger partial charge in [0.2, 0.25) is 0 Å². The highest BCUT2D eigenvalue weighted by molar-refractivity contribution is 6.11. The van der Waals surface area contributed by atoms with E-state index in [9.17, 15) is 14.0 Å². The van der Waals surface area contributed by atoms with Crippen molar-refractivity contribution in [1.82, 2.24) is 0 Å². The fourth-order valence-electron chi connectivity index (χ4n) is 4.07. The van der Waals surface area contributed by atoms with E-state index in [1.165, 1.54) is 19.2 Å². The Balaban J connectivity index is 1.88. The van der Waals surface area contributed by atoms with Crippen LogP contribution in [-0.2, 0) is 14.3 Å². The number of nitrogens with one attached hydrogen (secondary N) is 2. The first-order valence-electron chi connectivity index (χ1n) is 9.22. The number of allylic oxidation sites excluding steroid dienone is 1. The normalized spacial score (nSPS) is 23.7. The minimum Gasteiger partial charge on any atom is -0.468 e. The molecule has 144 valence electrons. The Morgan fingerprint density at radius 2 is 1.89 bits per heavy atom. The van der Waals surface area contributed by atoms with Crippen molar-refractivity contribution in [3.8, 4) is 0 Å². The number of ether oxygens (including phenoxy) is 1.